The highest BCUT2D eigenvalue weighted by Gasteiger charge is 2.17. The molecule has 0 bridgehead atoms. The lowest BCUT2D eigenvalue weighted by Crippen LogP contribution is -2.22. The first-order chi connectivity index (χ1) is 22.8. The van der Waals surface area contributed by atoms with Gasteiger partial charge in [0.05, 0.1) is 19.0 Å². The van der Waals surface area contributed by atoms with Crippen LogP contribution in [0, 0.1) is 0 Å². The number of hydrogen-bond acceptors (Lipinski definition) is 0. The third kappa shape index (κ3) is 7.10. The minimum absolute atomic E-state index is 0.471. The summed E-state index contributed by atoms with van der Waals surface area (Å²) in [5, 5.41) is 2.98. The van der Waals surface area contributed by atoms with Crippen molar-refractivity contribution in [2.75, 3.05) is 0 Å². The average Bonchev–Trinajstić information content (AvgIpc) is 3.15. The van der Waals surface area contributed by atoms with Gasteiger partial charge in [0.2, 0.25) is 0 Å². The Balaban J connectivity index is 1.08. The summed E-state index contributed by atoms with van der Waals surface area (Å²) in [6, 6.07) is 71.7. The molecule has 0 aromatic heterocycles. The number of rotatable bonds is 10. The Kier molecular flexibility index (Phi) is 9.28. The fourth-order valence-corrected chi connectivity index (χ4v) is 10.6. The molecule has 7 rings (SSSR count). The molecule has 0 N–H and O–H groups in total. The van der Waals surface area contributed by atoms with Gasteiger partial charge in [0, 0.05) is 11.1 Å². The van der Waals surface area contributed by atoms with Gasteiger partial charge in [-0.1, -0.05) is 198 Å². The highest BCUT2D eigenvalue weighted by Crippen LogP contribution is 2.28. The fourth-order valence-electron chi connectivity index (χ4n) is 6.61. The first-order valence-corrected chi connectivity index (χ1v) is 19.3. The summed E-state index contributed by atoms with van der Waals surface area (Å²) >= 11 is 0. The molecular weight excluding hydrogens is 585 g/mol. The second kappa shape index (κ2) is 14.4. The topological polar surface area (TPSA) is 0 Å². The lowest BCUT2D eigenvalue weighted by Gasteiger charge is -2.18. The quantitative estimate of drug-likeness (QED) is 0.135. The van der Waals surface area contributed by atoms with Crippen molar-refractivity contribution < 1.29 is 0 Å². The molecule has 0 aliphatic carbocycles. The van der Waals surface area contributed by atoms with Crippen LogP contribution in [0.4, 0.5) is 0 Å². The van der Waals surface area contributed by atoms with Gasteiger partial charge in [0.15, 0.2) is 0 Å². The molecule has 0 fully saturated rings. The molecule has 46 heavy (non-hydrogen) atoms. The maximum Gasteiger partial charge on any atom is 0.0679 e. The predicted molar refractivity (Wildman–Crippen MR) is 203 cm³/mol. The Bertz CT molecular complexity index is 1730. The lowest BCUT2D eigenvalue weighted by atomic mass is 9.99. The van der Waals surface area contributed by atoms with E-state index in [1.165, 1.54) is 54.9 Å². The van der Waals surface area contributed by atoms with E-state index in [0.29, 0.717) is 11.1 Å². The van der Waals surface area contributed by atoms with Crippen molar-refractivity contribution in [1.82, 2.24) is 0 Å². The number of hydrogen-bond donors (Lipinski definition) is 0. The molecule has 0 saturated heterocycles. The second-order valence-electron chi connectivity index (χ2n) is 12.1. The standard InChI is InChI=1S/C44H38Si2/c1-5-14-35(15-6-1)43(36-16-7-2-8-17-36)45-41-28-24-33(25-29-41)39-22-13-23-40(32-39)34-26-30-42(31-27-34)46-44(37-18-9-3-10-19-37)38-20-11-4-12-21-38/h1-32,43-44H,45-46H2. The maximum absolute atomic E-state index is 2.36. The zero-order valence-corrected chi connectivity index (χ0v) is 28.9. The third-order valence-corrected chi connectivity index (χ3v) is 13.7. The molecule has 7 aromatic rings. The van der Waals surface area contributed by atoms with Gasteiger partial charge < -0.3 is 0 Å². The Morgan fingerprint density at radius 1 is 0.261 bits per heavy atom. The Morgan fingerprint density at radius 3 is 0.870 bits per heavy atom. The van der Waals surface area contributed by atoms with Crippen LogP contribution < -0.4 is 10.4 Å². The molecule has 0 amide bonds. The summed E-state index contributed by atoms with van der Waals surface area (Å²) in [5.41, 5.74) is 11.7. The molecule has 7 aromatic carbocycles. The predicted octanol–water partition coefficient (Wildman–Crippen LogP) is 8.19. The van der Waals surface area contributed by atoms with E-state index in [0.717, 1.165) is 0 Å². The summed E-state index contributed by atoms with van der Waals surface area (Å²) in [6.45, 7) is 0. The van der Waals surface area contributed by atoms with Crippen LogP contribution >= 0.6 is 0 Å². The summed E-state index contributed by atoms with van der Waals surface area (Å²) in [6.07, 6.45) is 0. The lowest BCUT2D eigenvalue weighted by molar-refractivity contribution is 1.13. The van der Waals surface area contributed by atoms with E-state index >= 15 is 0 Å². The van der Waals surface area contributed by atoms with Crippen LogP contribution in [0.5, 0.6) is 0 Å². The van der Waals surface area contributed by atoms with Crippen LogP contribution in [0.3, 0.4) is 0 Å². The number of benzene rings is 7. The van der Waals surface area contributed by atoms with Crippen molar-refractivity contribution in [1.29, 1.82) is 0 Å². The van der Waals surface area contributed by atoms with Gasteiger partial charge in [-0.15, -0.1) is 0 Å². The molecule has 0 radical (unpaired) electrons. The van der Waals surface area contributed by atoms with Gasteiger partial charge in [0.1, 0.15) is 0 Å². The second-order valence-corrected chi connectivity index (χ2v) is 16.2. The summed E-state index contributed by atoms with van der Waals surface area (Å²) < 4.78 is 0. The molecule has 0 aliphatic rings. The van der Waals surface area contributed by atoms with E-state index in [1.54, 1.807) is 0 Å². The van der Waals surface area contributed by atoms with Crippen LogP contribution in [-0.4, -0.2) is 19.0 Å². The van der Waals surface area contributed by atoms with E-state index in [4.69, 9.17) is 0 Å². The molecule has 0 nitrogen and oxygen atoms in total. The Labute approximate surface area is 278 Å². The van der Waals surface area contributed by atoms with Crippen molar-refractivity contribution in [2.45, 2.75) is 11.1 Å². The molecule has 2 heteroatoms. The first kappa shape index (κ1) is 29.7. The molecule has 0 spiro atoms. The molecule has 0 heterocycles. The normalized spacial score (nSPS) is 11.7. The van der Waals surface area contributed by atoms with Gasteiger partial charge >= 0.3 is 0 Å². The van der Waals surface area contributed by atoms with Crippen LogP contribution in [0.25, 0.3) is 22.3 Å². The first-order valence-electron chi connectivity index (χ1n) is 16.3. The molecule has 0 unspecified atom stereocenters. The minimum Gasteiger partial charge on any atom is -0.0659 e. The van der Waals surface area contributed by atoms with Crippen LogP contribution in [0.15, 0.2) is 194 Å². The Hall–Kier alpha value is -5.03. The van der Waals surface area contributed by atoms with Crippen molar-refractivity contribution in [3.8, 4) is 22.3 Å². The van der Waals surface area contributed by atoms with E-state index in [9.17, 15) is 0 Å². The van der Waals surface area contributed by atoms with E-state index in [-0.39, 0.29) is 0 Å². The summed E-state index contributed by atoms with van der Waals surface area (Å²) in [4.78, 5) is 0. The van der Waals surface area contributed by atoms with Gasteiger partial charge in [-0.3, -0.25) is 0 Å². The maximum atomic E-state index is 2.36. The highest BCUT2D eigenvalue weighted by atomic mass is 28.2. The highest BCUT2D eigenvalue weighted by molar-refractivity contribution is 6.56. The Morgan fingerprint density at radius 2 is 0.565 bits per heavy atom. The van der Waals surface area contributed by atoms with Crippen LogP contribution in [0.2, 0.25) is 0 Å². The van der Waals surface area contributed by atoms with Gasteiger partial charge in [-0.25, -0.2) is 0 Å². The molecule has 0 saturated carbocycles. The van der Waals surface area contributed by atoms with Crippen LogP contribution in [0.1, 0.15) is 33.3 Å². The monoisotopic (exact) mass is 622 g/mol. The van der Waals surface area contributed by atoms with Crippen molar-refractivity contribution >= 4 is 29.4 Å². The fraction of sp³-hybridized carbons (Fsp3) is 0.0455. The summed E-state index contributed by atoms with van der Waals surface area (Å²) in [5.74, 6) is 0. The summed E-state index contributed by atoms with van der Waals surface area (Å²) in [7, 11) is -1.17. The van der Waals surface area contributed by atoms with E-state index in [1.807, 2.05) is 0 Å². The van der Waals surface area contributed by atoms with Crippen molar-refractivity contribution in [3.05, 3.63) is 216 Å². The van der Waals surface area contributed by atoms with E-state index in [2.05, 4.69) is 194 Å². The largest absolute Gasteiger partial charge is 0.0679 e. The third-order valence-electron chi connectivity index (χ3n) is 9.12. The van der Waals surface area contributed by atoms with Crippen molar-refractivity contribution in [3.63, 3.8) is 0 Å². The van der Waals surface area contributed by atoms with Gasteiger partial charge in [-0.05, 0) is 50.6 Å². The zero-order valence-electron chi connectivity index (χ0n) is 26.0. The van der Waals surface area contributed by atoms with E-state index < -0.39 is 19.0 Å². The molecule has 0 atom stereocenters. The molecule has 222 valence electrons. The minimum atomic E-state index is -0.583. The molecule has 0 aliphatic heterocycles. The van der Waals surface area contributed by atoms with Gasteiger partial charge in [-0.2, -0.15) is 0 Å². The van der Waals surface area contributed by atoms with Crippen LogP contribution in [-0.2, 0) is 0 Å². The van der Waals surface area contributed by atoms with Gasteiger partial charge in [0.25, 0.3) is 0 Å². The van der Waals surface area contributed by atoms with Crippen molar-refractivity contribution in [2.24, 2.45) is 0 Å². The zero-order chi connectivity index (χ0) is 31.0. The average molecular weight is 623 g/mol. The SMILES string of the molecule is c1ccc(C([SiH2]c2ccc(-c3cccc(-c4ccc([SiH2]C(c5ccccc5)c5ccccc5)cc4)c3)cc2)c2ccccc2)cc1. The smallest absolute Gasteiger partial charge is 0.0659 e. The molecular formula is C44H38Si2.